The number of amides is 1. The Labute approximate surface area is 137 Å². The molecule has 1 N–H and O–H groups in total. The predicted octanol–water partition coefficient (Wildman–Crippen LogP) is 2.62. The van der Waals surface area contributed by atoms with Gasteiger partial charge in [-0.2, -0.15) is 0 Å². The Morgan fingerprint density at radius 1 is 1.09 bits per heavy atom. The summed E-state index contributed by atoms with van der Waals surface area (Å²) >= 11 is 0. The highest BCUT2D eigenvalue weighted by molar-refractivity contribution is 5.75. The SMILES string of the molecule is CC(C)(CNC(=O)CCn1ccccc1=O)Cc1ccccc1. The monoisotopic (exact) mass is 312 g/mol. The maximum atomic E-state index is 12.0. The lowest BCUT2D eigenvalue weighted by Gasteiger charge is -2.25. The van der Waals surface area contributed by atoms with Crippen LogP contribution in [-0.4, -0.2) is 17.0 Å². The van der Waals surface area contributed by atoms with Crippen molar-refractivity contribution in [2.45, 2.75) is 33.2 Å². The van der Waals surface area contributed by atoms with Crippen LogP contribution in [0.3, 0.4) is 0 Å². The molecule has 0 aliphatic rings. The van der Waals surface area contributed by atoms with Gasteiger partial charge in [0.05, 0.1) is 0 Å². The average molecular weight is 312 g/mol. The lowest BCUT2D eigenvalue weighted by atomic mass is 9.85. The summed E-state index contributed by atoms with van der Waals surface area (Å²) in [5.74, 6) is -0.0260. The van der Waals surface area contributed by atoms with Crippen LogP contribution in [-0.2, 0) is 17.8 Å². The molecule has 1 aromatic carbocycles. The molecule has 0 aliphatic carbocycles. The van der Waals surface area contributed by atoms with E-state index in [9.17, 15) is 9.59 Å². The Balaban J connectivity index is 1.79. The summed E-state index contributed by atoms with van der Waals surface area (Å²) in [5.41, 5.74) is 1.17. The van der Waals surface area contributed by atoms with Crippen molar-refractivity contribution >= 4 is 5.91 Å². The molecule has 0 bridgehead atoms. The van der Waals surface area contributed by atoms with Crippen molar-refractivity contribution in [1.29, 1.82) is 0 Å². The van der Waals surface area contributed by atoms with Gasteiger partial charge in [-0.25, -0.2) is 0 Å². The molecule has 4 heteroatoms. The highest BCUT2D eigenvalue weighted by Gasteiger charge is 2.19. The van der Waals surface area contributed by atoms with Crippen LogP contribution in [0, 0.1) is 5.41 Å². The molecule has 23 heavy (non-hydrogen) atoms. The van der Waals surface area contributed by atoms with Gasteiger partial charge in [0.25, 0.3) is 5.56 Å². The number of aryl methyl sites for hydroxylation is 1. The number of hydrogen-bond acceptors (Lipinski definition) is 2. The molecule has 2 aromatic rings. The third kappa shape index (κ3) is 5.74. The molecule has 0 saturated heterocycles. The van der Waals surface area contributed by atoms with Gasteiger partial charge in [0.2, 0.25) is 5.91 Å². The summed E-state index contributed by atoms with van der Waals surface area (Å²) in [6.45, 7) is 5.30. The van der Waals surface area contributed by atoms with E-state index in [1.165, 1.54) is 11.6 Å². The molecule has 122 valence electrons. The fraction of sp³-hybridized carbons (Fsp3) is 0.368. The number of carbonyl (C=O) groups excluding carboxylic acids is 1. The van der Waals surface area contributed by atoms with Crippen LogP contribution in [0.1, 0.15) is 25.8 Å². The van der Waals surface area contributed by atoms with E-state index < -0.39 is 0 Å². The largest absolute Gasteiger partial charge is 0.355 e. The van der Waals surface area contributed by atoms with Gasteiger partial charge in [0.15, 0.2) is 0 Å². The van der Waals surface area contributed by atoms with E-state index in [-0.39, 0.29) is 16.9 Å². The molecule has 0 aliphatic heterocycles. The summed E-state index contributed by atoms with van der Waals surface area (Å²) < 4.78 is 1.55. The Bertz CT molecular complexity index is 690. The smallest absolute Gasteiger partial charge is 0.250 e. The van der Waals surface area contributed by atoms with Crippen LogP contribution in [0.5, 0.6) is 0 Å². The summed E-state index contributed by atoms with van der Waals surface area (Å²) in [7, 11) is 0. The maximum absolute atomic E-state index is 12.0. The molecule has 0 radical (unpaired) electrons. The fourth-order valence-electron chi connectivity index (χ4n) is 2.50. The molecule has 0 saturated carbocycles. The van der Waals surface area contributed by atoms with E-state index in [0.717, 1.165) is 6.42 Å². The number of rotatable bonds is 7. The Kier molecular flexibility index (Phi) is 5.74. The minimum Gasteiger partial charge on any atom is -0.355 e. The minimum atomic E-state index is -0.0790. The number of benzene rings is 1. The fourth-order valence-corrected chi connectivity index (χ4v) is 2.50. The number of nitrogens with one attached hydrogen (secondary N) is 1. The molecule has 1 amide bonds. The molecule has 1 aromatic heterocycles. The van der Waals surface area contributed by atoms with Crippen molar-refractivity contribution in [1.82, 2.24) is 9.88 Å². The zero-order valence-electron chi connectivity index (χ0n) is 13.8. The summed E-state index contributed by atoms with van der Waals surface area (Å²) in [4.78, 5) is 23.6. The molecule has 0 unspecified atom stereocenters. The average Bonchev–Trinajstić information content (AvgIpc) is 2.53. The van der Waals surface area contributed by atoms with Gasteiger partial charge in [-0.05, 0) is 23.5 Å². The number of carbonyl (C=O) groups is 1. The minimum absolute atomic E-state index is 0.0133. The van der Waals surface area contributed by atoms with Crippen LogP contribution in [0.4, 0.5) is 0 Å². The number of nitrogens with zero attached hydrogens (tertiary/aromatic N) is 1. The van der Waals surface area contributed by atoms with E-state index in [1.807, 2.05) is 18.2 Å². The molecular weight excluding hydrogens is 288 g/mol. The molecule has 1 heterocycles. The first-order valence-corrected chi connectivity index (χ1v) is 7.92. The number of aromatic nitrogens is 1. The normalized spacial score (nSPS) is 11.2. The van der Waals surface area contributed by atoms with Crippen LogP contribution >= 0.6 is 0 Å². The van der Waals surface area contributed by atoms with Crippen LogP contribution in [0.2, 0.25) is 0 Å². The molecule has 0 spiro atoms. The van der Waals surface area contributed by atoms with Gasteiger partial charge >= 0.3 is 0 Å². The van der Waals surface area contributed by atoms with Crippen LogP contribution in [0.25, 0.3) is 0 Å². The van der Waals surface area contributed by atoms with Crippen LogP contribution < -0.4 is 10.9 Å². The molecule has 2 rings (SSSR count). The van der Waals surface area contributed by atoms with Gasteiger partial charge in [-0.15, -0.1) is 0 Å². The van der Waals surface area contributed by atoms with Crippen LogP contribution in [0.15, 0.2) is 59.5 Å². The lowest BCUT2D eigenvalue weighted by molar-refractivity contribution is -0.121. The third-order valence-electron chi connectivity index (χ3n) is 3.77. The first-order valence-electron chi connectivity index (χ1n) is 7.92. The summed E-state index contributed by atoms with van der Waals surface area (Å²) in [6.07, 6.45) is 2.92. The number of pyridine rings is 1. The van der Waals surface area contributed by atoms with Gasteiger partial charge in [-0.1, -0.05) is 50.2 Å². The predicted molar refractivity (Wildman–Crippen MR) is 92.3 cm³/mol. The van der Waals surface area contributed by atoms with Crippen molar-refractivity contribution in [2.24, 2.45) is 5.41 Å². The highest BCUT2D eigenvalue weighted by atomic mass is 16.1. The topological polar surface area (TPSA) is 51.1 Å². The summed E-state index contributed by atoms with van der Waals surface area (Å²) in [5, 5.41) is 2.98. The Morgan fingerprint density at radius 3 is 2.48 bits per heavy atom. The molecule has 0 atom stereocenters. The second kappa shape index (κ2) is 7.77. The van der Waals surface area contributed by atoms with Crippen molar-refractivity contribution in [3.05, 3.63) is 70.6 Å². The maximum Gasteiger partial charge on any atom is 0.250 e. The quantitative estimate of drug-likeness (QED) is 0.854. The number of hydrogen-bond donors (Lipinski definition) is 1. The first-order chi connectivity index (χ1) is 11.0. The van der Waals surface area contributed by atoms with E-state index >= 15 is 0 Å². The van der Waals surface area contributed by atoms with Crippen molar-refractivity contribution in [3.8, 4) is 0 Å². The van der Waals surface area contributed by atoms with Gasteiger partial charge in [0, 0.05) is 31.8 Å². The third-order valence-corrected chi connectivity index (χ3v) is 3.77. The zero-order valence-corrected chi connectivity index (χ0v) is 13.8. The second-order valence-electron chi connectivity index (χ2n) is 6.59. The highest BCUT2D eigenvalue weighted by Crippen LogP contribution is 2.20. The van der Waals surface area contributed by atoms with E-state index in [0.29, 0.717) is 19.5 Å². The van der Waals surface area contributed by atoms with E-state index in [4.69, 9.17) is 0 Å². The molecular formula is C19H24N2O2. The molecule has 4 nitrogen and oxygen atoms in total. The summed E-state index contributed by atoms with van der Waals surface area (Å²) in [6, 6.07) is 15.3. The van der Waals surface area contributed by atoms with Gasteiger partial charge in [0.1, 0.15) is 0 Å². The van der Waals surface area contributed by atoms with Crippen molar-refractivity contribution in [2.75, 3.05) is 6.54 Å². The molecule has 0 fully saturated rings. The standard InChI is InChI=1S/C19H24N2O2/c1-19(2,14-16-8-4-3-5-9-16)15-20-17(22)11-13-21-12-7-6-10-18(21)23/h3-10,12H,11,13-15H2,1-2H3,(H,20,22). The van der Waals surface area contributed by atoms with Crippen molar-refractivity contribution < 1.29 is 4.79 Å². The Morgan fingerprint density at radius 2 is 1.78 bits per heavy atom. The Hall–Kier alpha value is -2.36. The van der Waals surface area contributed by atoms with Gasteiger partial charge < -0.3 is 9.88 Å². The van der Waals surface area contributed by atoms with E-state index in [1.54, 1.807) is 22.9 Å². The van der Waals surface area contributed by atoms with Crippen molar-refractivity contribution in [3.63, 3.8) is 0 Å². The van der Waals surface area contributed by atoms with Gasteiger partial charge in [-0.3, -0.25) is 9.59 Å². The first kappa shape index (κ1) is 17.0. The van der Waals surface area contributed by atoms with E-state index in [2.05, 4.69) is 31.3 Å². The zero-order chi connectivity index (χ0) is 16.7. The lowest BCUT2D eigenvalue weighted by Crippen LogP contribution is -2.36. The second-order valence-corrected chi connectivity index (χ2v) is 6.59.